The Balaban J connectivity index is 1.91. The number of benzene rings is 1. The summed E-state index contributed by atoms with van der Waals surface area (Å²) >= 11 is 0. The summed E-state index contributed by atoms with van der Waals surface area (Å²) in [5.74, 6) is 1.96. The minimum Gasteiger partial charge on any atom is -0.483 e. The van der Waals surface area contributed by atoms with Gasteiger partial charge in [0.25, 0.3) is 5.88 Å². The van der Waals surface area contributed by atoms with Gasteiger partial charge in [-0.3, -0.25) is 4.79 Å². The molecule has 0 fully saturated rings. The number of nitrogens with zero attached hydrogens (tertiary/aromatic N) is 2. The first kappa shape index (κ1) is 12.4. The van der Waals surface area contributed by atoms with Crippen molar-refractivity contribution in [3.63, 3.8) is 0 Å². The van der Waals surface area contributed by atoms with Crippen LogP contribution in [-0.2, 0) is 0 Å². The van der Waals surface area contributed by atoms with Crippen LogP contribution in [0.5, 0.6) is 17.4 Å². The molecular weight excluding hydrogens is 258 g/mol. The summed E-state index contributed by atoms with van der Waals surface area (Å²) in [7, 11) is 0. The lowest BCUT2D eigenvalue weighted by molar-refractivity contribution is 0.101. The number of hydrogen-bond donors (Lipinski definition) is 1. The van der Waals surface area contributed by atoms with Gasteiger partial charge in [0.1, 0.15) is 18.7 Å². The number of hydrogen-bond acceptors (Lipinski definition) is 6. The second-order valence-corrected chi connectivity index (χ2v) is 4.32. The molecule has 6 nitrogen and oxygen atoms in total. The third-order valence-corrected chi connectivity index (χ3v) is 2.87. The zero-order valence-electron chi connectivity index (χ0n) is 10.9. The Bertz CT molecular complexity index is 658. The van der Waals surface area contributed by atoms with Crippen molar-refractivity contribution >= 4 is 11.6 Å². The van der Waals surface area contributed by atoms with Crippen molar-refractivity contribution in [1.29, 1.82) is 0 Å². The molecule has 3 rings (SSSR count). The second kappa shape index (κ2) is 5.16. The Morgan fingerprint density at radius 3 is 3.15 bits per heavy atom. The largest absolute Gasteiger partial charge is 0.483 e. The molecule has 20 heavy (non-hydrogen) atoms. The molecule has 1 N–H and O–H groups in total. The first-order valence-electron chi connectivity index (χ1n) is 6.24. The molecule has 2 aromatic rings. The third-order valence-electron chi connectivity index (χ3n) is 2.87. The van der Waals surface area contributed by atoms with E-state index < -0.39 is 0 Å². The molecule has 0 atom stereocenters. The van der Waals surface area contributed by atoms with Crippen LogP contribution in [0.15, 0.2) is 30.6 Å². The molecular formula is C14H13N3O3. The number of carbonyl (C=O) groups excluding carboxylic acids is 1. The number of carbonyl (C=O) groups is 1. The van der Waals surface area contributed by atoms with Crippen molar-refractivity contribution in [2.24, 2.45) is 0 Å². The van der Waals surface area contributed by atoms with E-state index in [9.17, 15) is 4.79 Å². The second-order valence-electron chi connectivity index (χ2n) is 4.32. The van der Waals surface area contributed by atoms with E-state index in [1.165, 1.54) is 13.3 Å². The summed E-state index contributed by atoms with van der Waals surface area (Å²) in [6.07, 6.45) is 1.41. The van der Waals surface area contributed by atoms with E-state index in [1.807, 2.05) is 0 Å². The smallest absolute Gasteiger partial charge is 0.268 e. The van der Waals surface area contributed by atoms with Crippen LogP contribution in [0.1, 0.15) is 17.3 Å². The van der Waals surface area contributed by atoms with Crippen molar-refractivity contribution in [2.75, 3.05) is 18.5 Å². The highest BCUT2D eigenvalue weighted by Crippen LogP contribution is 2.35. The Morgan fingerprint density at radius 2 is 2.30 bits per heavy atom. The van der Waals surface area contributed by atoms with Gasteiger partial charge < -0.3 is 14.8 Å². The summed E-state index contributed by atoms with van der Waals surface area (Å²) in [5.41, 5.74) is 0.587. The van der Waals surface area contributed by atoms with Gasteiger partial charge in [-0.15, -0.1) is 0 Å². The number of ketones is 1. The van der Waals surface area contributed by atoms with E-state index in [4.69, 9.17) is 9.47 Å². The van der Waals surface area contributed by atoms with E-state index in [1.54, 1.807) is 24.3 Å². The van der Waals surface area contributed by atoms with E-state index in [-0.39, 0.29) is 5.78 Å². The van der Waals surface area contributed by atoms with Crippen LogP contribution in [0.3, 0.4) is 0 Å². The summed E-state index contributed by atoms with van der Waals surface area (Å²) in [4.78, 5) is 19.5. The summed E-state index contributed by atoms with van der Waals surface area (Å²) in [6.45, 7) is 2.74. The summed E-state index contributed by atoms with van der Waals surface area (Å²) in [5, 5.41) is 3.11. The maximum atomic E-state index is 11.4. The molecule has 102 valence electrons. The molecule has 0 amide bonds. The van der Waals surface area contributed by atoms with Gasteiger partial charge in [-0.1, -0.05) is 12.1 Å². The molecule has 0 unspecified atom stereocenters. The van der Waals surface area contributed by atoms with Crippen LogP contribution in [0.2, 0.25) is 0 Å². The Hall–Kier alpha value is -2.63. The number of Topliss-reactive ketones (excluding diaryl/α,β-unsaturated/α-hetero) is 1. The molecule has 6 heteroatoms. The van der Waals surface area contributed by atoms with Crippen molar-refractivity contribution in [1.82, 2.24) is 9.97 Å². The average Bonchev–Trinajstić information content (AvgIpc) is 2.48. The monoisotopic (exact) mass is 271 g/mol. The van der Waals surface area contributed by atoms with E-state index in [2.05, 4.69) is 15.3 Å². The molecule has 0 radical (unpaired) electrons. The Kier molecular flexibility index (Phi) is 3.20. The molecule has 0 bridgehead atoms. The molecule has 0 aliphatic carbocycles. The van der Waals surface area contributed by atoms with Gasteiger partial charge in [-0.2, -0.15) is 4.98 Å². The number of fused-ring (bicyclic) bond motifs is 1. The summed E-state index contributed by atoms with van der Waals surface area (Å²) < 4.78 is 11.2. The first-order chi connectivity index (χ1) is 9.74. The highest BCUT2D eigenvalue weighted by Gasteiger charge is 2.18. The quantitative estimate of drug-likeness (QED) is 0.863. The van der Waals surface area contributed by atoms with Crippen molar-refractivity contribution in [2.45, 2.75) is 6.92 Å². The van der Waals surface area contributed by atoms with Gasteiger partial charge in [0, 0.05) is 5.56 Å². The van der Waals surface area contributed by atoms with Crippen molar-refractivity contribution in [3.05, 3.63) is 36.2 Å². The predicted octanol–water partition coefficient (Wildman–Crippen LogP) is 2.28. The number of aromatic nitrogens is 2. The van der Waals surface area contributed by atoms with Gasteiger partial charge in [0.15, 0.2) is 11.6 Å². The fraction of sp³-hybridized carbons (Fsp3) is 0.214. The predicted molar refractivity (Wildman–Crippen MR) is 72.5 cm³/mol. The van der Waals surface area contributed by atoms with Crippen LogP contribution >= 0.6 is 0 Å². The highest BCUT2D eigenvalue weighted by molar-refractivity contribution is 5.94. The van der Waals surface area contributed by atoms with Gasteiger partial charge >= 0.3 is 0 Å². The van der Waals surface area contributed by atoms with E-state index in [0.717, 1.165) is 0 Å². The van der Waals surface area contributed by atoms with Gasteiger partial charge in [-0.25, -0.2) is 4.98 Å². The fourth-order valence-electron chi connectivity index (χ4n) is 1.90. The van der Waals surface area contributed by atoms with Crippen LogP contribution in [0.25, 0.3) is 0 Å². The van der Waals surface area contributed by atoms with Crippen molar-refractivity contribution < 1.29 is 14.3 Å². The number of rotatable bonds is 3. The summed E-state index contributed by atoms with van der Waals surface area (Å²) in [6, 6.07) is 6.94. The highest BCUT2D eigenvalue weighted by atomic mass is 16.5. The van der Waals surface area contributed by atoms with E-state index >= 15 is 0 Å². The Morgan fingerprint density at radius 1 is 1.40 bits per heavy atom. The SMILES string of the molecule is CC(=O)c1cccc(Oc2ncnc3c2OCCN3)c1. The lowest BCUT2D eigenvalue weighted by atomic mass is 10.1. The molecule has 1 aliphatic heterocycles. The fourth-order valence-corrected chi connectivity index (χ4v) is 1.90. The third kappa shape index (κ3) is 2.40. The number of anilines is 1. The lowest BCUT2D eigenvalue weighted by Crippen LogP contribution is -2.19. The molecule has 0 saturated heterocycles. The van der Waals surface area contributed by atoms with Gasteiger partial charge in [0.05, 0.1) is 6.54 Å². The maximum absolute atomic E-state index is 11.4. The molecule has 0 saturated carbocycles. The van der Waals surface area contributed by atoms with Crippen LogP contribution in [-0.4, -0.2) is 28.9 Å². The molecule has 1 aromatic carbocycles. The minimum absolute atomic E-state index is 0.0157. The standard InChI is InChI=1S/C14H13N3O3/c1-9(18)10-3-2-4-11(7-10)20-14-12-13(16-8-17-14)15-5-6-19-12/h2-4,7-8H,5-6H2,1H3,(H,15,16,17). The normalized spacial score (nSPS) is 12.8. The van der Waals surface area contributed by atoms with Gasteiger partial charge in [0.2, 0.25) is 5.75 Å². The van der Waals surface area contributed by atoms with Crippen LogP contribution < -0.4 is 14.8 Å². The lowest BCUT2D eigenvalue weighted by Gasteiger charge is -2.19. The molecule has 1 aliphatic rings. The number of nitrogens with one attached hydrogen (secondary N) is 1. The van der Waals surface area contributed by atoms with Crippen molar-refractivity contribution in [3.8, 4) is 17.4 Å². The molecule has 0 spiro atoms. The molecule has 1 aromatic heterocycles. The van der Waals surface area contributed by atoms with Crippen LogP contribution in [0.4, 0.5) is 5.82 Å². The van der Waals surface area contributed by atoms with Gasteiger partial charge in [-0.05, 0) is 19.1 Å². The first-order valence-corrected chi connectivity index (χ1v) is 6.24. The topological polar surface area (TPSA) is 73.3 Å². The maximum Gasteiger partial charge on any atom is 0.268 e. The van der Waals surface area contributed by atoms with Crippen LogP contribution in [0, 0.1) is 0 Å². The zero-order chi connectivity index (χ0) is 13.9. The average molecular weight is 271 g/mol. The number of ether oxygens (including phenoxy) is 2. The minimum atomic E-state index is -0.0157. The Labute approximate surface area is 115 Å². The molecule has 2 heterocycles. The van der Waals surface area contributed by atoms with E-state index in [0.29, 0.717) is 41.9 Å². The zero-order valence-corrected chi connectivity index (χ0v) is 10.9.